The predicted molar refractivity (Wildman–Crippen MR) is 69.2 cm³/mol. The van der Waals surface area contributed by atoms with Gasteiger partial charge in [-0.05, 0) is 32.0 Å². The summed E-state index contributed by atoms with van der Waals surface area (Å²) in [5.41, 5.74) is 0. The zero-order chi connectivity index (χ0) is 13.5. The molecule has 0 bridgehead atoms. The molecule has 0 aromatic rings. The van der Waals surface area contributed by atoms with E-state index in [1.807, 2.05) is 0 Å². The third kappa shape index (κ3) is 3.76. The zero-order valence-corrected chi connectivity index (χ0v) is 13.0. The van der Waals surface area contributed by atoms with Gasteiger partial charge in [0.2, 0.25) is 0 Å². The molecule has 1 saturated heterocycles. The molecule has 102 valence electrons. The first-order chi connectivity index (χ1) is 7.45. The number of aliphatic hydroxyl groups excluding tert-OH is 1. The Labute approximate surface area is 105 Å². The van der Waals surface area contributed by atoms with Gasteiger partial charge in [-0.15, -0.1) is 0 Å². The van der Waals surface area contributed by atoms with Crippen molar-refractivity contribution in [1.29, 1.82) is 0 Å². The molecule has 4 nitrogen and oxygen atoms in total. The van der Waals surface area contributed by atoms with Crippen LogP contribution in [0.2, 0.25) is 18.1 Å². The Bertz CT molecular complexity index is 270. The maximum absolute atomic E-state index is 9.71. The summed E-state index contributed by atoms with van der Waals surface area (Å²) in [4.78, 5) is 0. The average molecular weight is 262 g/mol. The molecule has 1 fully saturated rings. The van der Waals surface area contributed by atoms with Crippen molar-refractivity contribution in [2.24, 2.45) is 0 Å². The van der Waals surface area contributed by atoms with Gasteiger partial charge < -0.3 is 19.0 Å². The van der Waals surface area contributed by atoms with Gasteiger partial charge >= 0.3 is 0 Å². The van der Waals surface area contributed by atoms with Crippen molar-refractivity contribution in [2.75, 3.05) is 6.61 Å². The first-order valence-corrected chi connectivity index (χ1v) is 9.03. The van der Waals surface area contributed by atoms with Crippen molar-refractivity contribution in [1.82, 2.24) is 0 Å². The lowest BCUT2D eigenvalue weighted by atomic mass is 10.2. The van der Waals surface area contributed by atoms with Gasteiger partial charge in [0.15, 0.2) is 20.4 Å². The van der Waals surface area contributed by atoms with Crippen LogP contribution >= 0.6 is 0 Å². The maximum Gasteiger partial charge on any atom is 0.192 e. The second-order valence-electron chi connectivity index (χ2n) is 6.64. The maximum atomic E-state index is 9.71. The Morgan fingerprint density at radius 1 is 1.24 bits per heavy atom. The van der Waals surface area contributed by atoms with Gasteiger partial charge in [0.05, 0.1) is 6.61 Å². The number of rotatable bonds is 3. The Kier molecular flexibility index (Phi) is 4.11. The number of hydrogen-bond acceptors (Lipinski definition) is 4. The van der Waals surface area contributed by atoms with E-state index in [0.717, 1.165) is 0 Å². The first kappa shape index (κ1) is 15.1. The highest BCUT2D eigenvalue weighted by atomic mass is 28.4. The number of hydrogen-bond donors (Lipinski definition) is 1. The molecule has 0 aromatic heterocycles. The zero-order valence-electron chi connectivity index (χ0n) is 12.0. The largest absolute Gasteiger partial charge is 0.414 e. The van der Waals surface area contributed by atoms with E-state index in [1.165, 1.54) is 0 Å². The molecule has 1 aliphatic heterocycles. The summed E-state index contributed by atoms with van der Waals surface area (Å²) in [6, 6.07) is 0. The van der Waals surface area contributed by atoms with E-state index in [4.69, 9.17) is 13.9 Å². The predicted octanol–water partition coefficient (Wildman–Crippen LogP) is 2.48. The molecule has 0 radical (unpaired) electrons. The monoisotopic (exact) mass is 262 g/mol. The molecule has 0 amide bonds. The second kappa shape index (κ2) is 4.62. The minimum atomic E-state index is -1.80. The topological polar surface area (TPSA) is 47.9 Å². The summed E-state index contributed by atoms with van der Waals surface area (Å²) in [7, 11) is -1.80. The van der Waals surface area contributed by atoms with Crippen LogP contribution in [0.1, 0.15) is 34.6 Å². The summed E-state index contributed by atoms with van der Waals surface area (Å²) in [5.74, 6) is -0.721. The van der Waals surface area contributed by atoms with E-state index in [-0.39, 0.29) is 11.1 Å². The molecule has 0 aliphatic carbocycles. The molecule has 2 atom stereocenters. The summed E-state index contributed by atoms with van der Waals surface area (Å²) in [5, 5.41) is 9.87. The van der Waals surface area contributed by atoms with E-state index in [9.17, 15) is 5.11 Å². The Morgan fingerprint density at radius 2 is 1.76 bits per heavy atom. The molecule has 0 spiro atoms. The van der Waals surface area contributed by atoms with Crippen LogP contribution in [0.25, 0.3) is 0 Å². The van der Waals surface area contributed by atoms with E-state index in [1.54, 1.807) is 13.8 Å². The Hall–Kier alpha value is 0.0569. The van der Waals surface area contributed by atoms with Gasteiger partial charge in [-0.3, -0.25) is 0 Å². The van der Waals surface area contributed by atoms with E-state index < -0.39 is 20.4 Å². The molecule has 5 heteroatoms. The highest BCUT2D eigenvalue weighted by Crippen LogP contribution is 2.37. The van der Waals surface area contributed by atoms with Crippen molar-refractivity contribution in [3.63, 3.8) is 0 Å². The highest BCUT2D eigenvalue weighted by molar-refractivity contribution is 6.74. The van der Waals surface area contributed by atoms with Crippen LogP contribution < -0.4 is 0 Å². The molecule has 0 aromatic carbocycles. The van der Waals surface area contributed by atoms with Crippen LogP contribution in [-0.4, -0.2) is 38.2 Å². The van der Waals surface area contributed by atoms with Crippen LogP contribution in [0.15, 0.2) is 0 Å². The molecule has 1 aliphatic rings. The van der Waals surface area contributed by atoms with Gasteiger partial charge in [0, 0.05) is 0 Å². The molecule has 1 rings (SSSR count). The van der Waals surface area contributed by atoms with E-state index in [0.29, 0.717) is 6.61 Å². The molecule has 0 saturated carbocycles. The number of ether oxygens (including phenoxy) is 2. The first-order valence-electron chi connectivity index (χ1n) is 6.12. The lowest BCUT2D eigenvalue weighted by Gasteiger charge is -2.36. The summed E-state index contributed by atoms with van der Waals surface area (Å²) in [6.45, 7) is 14.9. The number of aliphatic hydroxyl groups is 1. The summed E-state index contributed by atoms with van der Waals surface area (Å²) >= 11 is 0. The van der Waals surface area contributed by atoms with Gasteiger partial charge in [0.1, 0.15) is 6.10 Å². The van der Waals surface area contributed by atoms with Gasteiger partial charge in [-0.25, -0.2) is 0 Å². The van der Waals surface area contributed by atoms with Crippen molar-refractivity contribution in [3.05, 3.63) is 0 Å². The lowest BCUT2D eigenvalue weighted by Crippen LogP contribution is -2.44. The smallest absolute Gasteiger partial charge is 0.192 e. The Balaban J connectivity index is 2.52. The highest BCUT2D eigenvalue weighted by Gasteiger charge is 2.43. The van der Waals surface area contributed by atoms with Crippen molar-refractivity contribution in [2.45, 2.75) is 70.9 Å². The molecular formula is C12H26O4Si. The molecule has 1 N–H and O–H groups in total. The fourth-order valence-corrected chi connectivity index (χ4v) is 2.45. The van der Waals surface area contributed by atoms with Gasteiger partial charge in [-0.1, -0.05) is 20.8 Å². The van der Waals surface area contributed by atoms with Crippen LogP contribution in [-0.2, 0) is 13.9 Å². The molecule has 2 unspecified atom stereocenters. The Morgan fingerprint density at radius 3 is 2.12 bits per heavy atom. The summed E-state index contributed by atoms with van der Waals surface area (Å²) in [6.07, 6.45) is -1.28. The molecule has 1 heterocycles. The molecule has 17 heavy (non-hydrogen) atoms. The van der Waals surface area contributed by atoms with Crippen LogP contribution in [0, 0.1) is 0 Å². The SMILES string of the molecule is CC1(C)OC(O)C(CO[Si](C)(C)C(C)(C)C)O1. The normalized spacial score (nSPS) is 29.6. The quantitative estimate of drug-likeness (QED) is 0.794. The third-order valence-electron chi connectivity index (χ3n) is 3.57. The minimum absolute atomic E-state index is 0.160. The van der Waals surface area contributed by atoms with E-state index >= 15 is 0 Å². The van der Waals surface area contributed by atoms with E-state index in [2.05, 4.69) is 33.9 Å². The second-order valence-corrected chi connectivity index (χ2v) is 11.4. The third-order valence-corrected chi connectivity index (χ3v) is 8.07. The summed E-state index contributed by atoms with van der Waals surface area (Å²) < 4.78 is 16.9. The van der Waals surface area contributed by atoms with Crippen molar-refractivity contribution < 1.29 is 19.0 Å². The van der Waals surface area contributed by atoms with Gasteiger partial charge in [0.25, 0.3) is 0 Å². The minimum Gasteiger partial charge on any atom is -0.414 e. The standard InChI is InChI=1S/C12H26O4Si/c1-11(2,3)17(6,7)14-8-9-10(13)16-12(4,5)15-9/h9-10,13H,8H2,1-7H3. The van der Waals surface area contributed by atoms with Crippen molar-refractivity contribution in [3.8, 4) is 0 Å². The van der Waals surface area contributed by atoms with Crippen LogP contribution in [0.3, 0.4) is 0 Å². The van der Waals surface area contributed by atoms with Crippen LogP contribution in [0.4, 0.5) is 0 Å². The van der Waals surface area contributed by atoms with Gasteiger partial charge in [-0.2, -0.15) is 0 Å². The molecular weight excluding hydrogens is 236 g/mol. The van der Waals surface area contributed by atoms with Crippen molar-refractivity contribution >= 4 is 8.32 Å². The average Bonchev–Trinajstić information content (AvgIpc) is 2.34. The lowest BCUT2D eigenvalue weighted by molar-refractivity contribution is -0.174. The fourth-order valence-electron chi connectivity index (χ4n) is 1.44. The fraction of sp³-hybridized carbons (Fsp3) is 1.00. The van der Waals surface area contributed by atoms with Crippen LogP contribution in [0.5, 0.6) is 0 Å².